The van der Waals surface area contributed by atoms with E-state index >= 15 is 0 Å². The van der Waals surface area contributed by atoms with Crippen LogP contribution in [-0.4, -0.2) is 16.0 Å². The zero-order valence-corrected chi connectivity index (χ0v) is 15.5. The van der Waals surface area contributed by atoms with Crippen molar-refractivity contribution in [3.8, 4) is 0 Å². The molecule has 1 aromatic heterocycles. The van der Waals surface area contributed by atoms with E-state index in [1.807, 2.05) is 24.5 Å². The van der Waals surface area contributed by atoms with E-state index in [0.29, 0.717) is 12.0 Å². The summed E-state index contributed by atoms with van der Waals surface area (Å²) in [6, 6.07) is 9.04. The van der Waals surface area contributed by atoms with Crippen LogP contribution >= 0.6 is 11.6 Å². The number of hydrogen-bond donors (Lipinski definition) is 1. The van der Waals surface area contributed by atoms with Crippen molar-refractivity contribution in [3.05, 3.63) is 58.6 Å². The molecule has 3 nitrogen and oxygen atoms in total. The summed E-state index contributed by atoms with van der Waals surface area (Å²) in [6.45, 7) is 2.93. The highest BCUT2D eigenvalue weighted by molar-refractivity contribution is 6.30. The Balaban J connectivity index is 1.48. The molecule has 2 aliphatic carbocycles. The quantitative estimate of drug-likeness (QED) is 0.840. The van der Waals surface area contributed by atoms with Gasteiger partial charge in [-0.15, -0.1) is 0 Å². The van der Waals surface area contributed by atoms with Gasteiger partial charge in [0.05, 0.1) is 0 Å². The number of benzene rings is 1. The molecule has 132 valence electrons. The first-order valence-corrected chi connectivity index (χ1v) is 9.92. The van der Waals surface area contributed by atoms with Gasteiger partial charge in [0.15, 0.2) is 0 Å². The van der Waals surface area contributed by atoms with Gasteiger partial charge in [-0.05, 0) is 42.4 Å². The van der Waals surface area contributed by atoms with E-state index in [4.69, 9.17) is 11.6 Å². The van der Waals surface area contributed by atoms with Gasteiger partial charge in [0.25, 0.3) is 0 Å². The Morgan fingerprint density at radius 2 is 1.72 bits per heavy atom. The average molecular weight is 356 g/mol. The largest absolute Gasteiger partial charge is 0.309 e. The Morgan fingerprint density at radius 1 is 1.04 bits per heavy atom. The second kappa shape index (κ2) is 7.43. The lowest BCUT2D eigenvalue weighted by Gasteiger charge is -2.55. The van der Waals surface area contributed by atoms with Crippen molar-refractivity contribution in [1.82, 2.24) is 15.3 Å². The Labute approximate surface area is 155 Å². The smallest absolute Gasteiger partial charge is 0.127 e. The normalized spacial score (nSPS) is 28.2. The molecule has 2 fully saturated rings. The van der Waals surface area contributed by atoms with E-state index in [2.05, 4.69) is 34.3 Å². The Kier molecular flexibility index (Phi) is 5.05. The van der Waals surface area contributed by atoms with E-state index in [1.54, 1.807) is 0 Å². The van der Waals surface area contributed by atoms with E-state index in [1.165, 1.54) is 36.8 Å². The van der Waals surface area contributed by atoms with Crippen molar-refractivity contribution in [1.29, 1.82) is 0 Å². The van der Waals surface area contributed by atoms with Gasteiger partial charge in [0.1, 0.15) is 5.82 Å². The van der Waals surface area contributed by atoms with Crippen molar-refractivity contribution in [2.45, 2.75) is 57.5 Å². The minimum Gasteiger partial charge on any atom is -0.309 e. The third kappa shape index (κ3) is 3.45. The first-order chi connectivity index (χ1) is 12.3. The summed E-state index contributed by atoms with van der Waals surface area (Å²) in [6.07, 6.45) is 10.3. The topological polar surface area (TPSA) is 37.8 Å². The number of aryl methyl sites for hydroxylation is 1. The lowest BCUT2D eigenvalue weighted by atomic mass is 9.53. The molecule has 0 bridgehead atoms. The first-order valence-electron chi connectivity index (χ1n) is 9.55. The molecular weight excluding hydrogens is 330 g/mol. The molecule has 1 aromatic carbocycles. The molecule has 0 saturated heterocycles. The molecule has 0 aliphatic heterocycles. The van der Waals surface area contributed by atoms with Gasteiger partial charge < -0.3 is 5.32 Å². The third-order valence-electron chi connectivity index (χ3n) is 6.06. The molecule has 0 radical (unpaired) electrons. The number of halogens is 1. The van der Waals surface area contributed by atoms with Crippen molar-refractivity contribution in [2.75, 3.05) is 0 Å². The summed E-state index contributed by atoms with van der Waals surface area (Å²) in [5.41, 5.74) is 2.61. The van der Waals surface area contributed by atoms with Crippen molar-refractivity contribution in [3.63, 3.8) is 0 Å². The fourth-order valence-electron chi connectivity index (χ4n) is 4.78. The minimum absolute atomic E-state index is 0.553. The van der Waals surface area contributed by atoms with Crippen molar-refractivity contribution in [2.24, 2.45) is 11.8 Å². The number of aromatic nitrogens is 2. The molecule has 25 heavy (non-hydrogen) atoms. The Morgan fingerprint density at radius 3 is 2.40 bits per heavy atom. The fourth-order valence-corrected chi connectivity index (χ4v) is 4.90. The molecule has 1 heterocycles. The van der Waals surface area contributed by atoms with Crippen molar-refractivity contribution >= 4 is 11.6 Å². The molecule has 2 aliphatic rings. The van der Waals surface area contributed by atoms with Crippen LogP contribution in [0.2, 0.25) is 5.02 Å². The maximum Gasteiger partial charge on any atom is 0.127 e. The second-order valence-electron chi connectivity index (χ2n) is 7.46. The average Bonchev–Trinajstić information content (AvgIpc) is 2.65. The van der Waals surface area contributed by atoms with E-state index in [-0.39, 0.29) is 0 Å². The van der Waals surface area contributed by atoms with Crippen LogP contribution in [0.25, 0.3) is 0 Å². The highest BCUT2D eigenvalue weighted by Gasteiger charge is 2.50. The van der Waals surface area contributed by atoms with Gasteiger partial charge in [0, 0.05) is 47.9 Å². The molecule has 2 aromatic rings. The highest BCUT2D eigenvalue weighted by atomic mass is 35.5. The molecule has 4 atom stereocenters. The van der Waals surface area contributed by atoms with Gasteiger partial charge in [-0.3, -0.25) is 0 Å². The van der Waals surface area contributed by atoms with Crippen molar-refractivity contribution < 1.29 is 0 Å². The van der Waals surface area contributed by atoms with Crippen LogP contribution < -0.4 is 5.32 Å². The number of nitrogens with one attached hydrogen (secondary N) is 1. The molecule has 0 amide bonds. The van der Waals surface area contributed by atoms with Gasteiger partial charge in [-0.2, -0.15) is 0 Å². The van der Waals surface area contributed by atoms with E-state index in [0.717, 1.165) is 35.6 Å². The Hall–Kier alpha value is -1.45. The van der Waals surface area contributed by atoms with Gasteiger partial charge in [-0.1, -0.05) is 43.5 Å². The highest BCUT2D eigenvalue weighted by Crippen LogP contribution is 2.54. The van der Waals surface area contributed by atoms with Crippen LogP contribution in [0.1, 0.15) is 55.5 Å². The Bertz CT molecular complexity index is 698. The second-order valence-corrected chi connectivity index (χ2v) is 7.89. The lowest BCUT2D eigenvalue weighted by molar-refractivity contribution is 0.0254. The number of nitrogens with zero attached hydrogens (tertiary/aromatic N) is 2. The predicted molar refractivity (Wildman–Crippen MR) is 102 cm³/mol. The molecule has 2 saturated carbocycles. The summed E-state index contributed by atoms with van der Waals surface area (Å²) in [5.74, 6) is 3.16. The first kappa shape index (κ1) is 17.0. The summed E-state index contributed by atoms with van der Waals surface area (Å²) in [5, 5.41) is 4.64. The molecule has 2 unspecified atom stereocenters. The summed E-state index contributed by atoms with van der Waals surface area (Å²) >= 11 is 6.09. The van der Waals surface area contributed by atoms with Crippen LogP contribution in [-0.2, 0) is 13.0 Å². The monoisotopic (exact) mass is 355 g/mol. The number of rotatable bonds is 5. The van der Waals surface area contributed by atoms with Crippen LogP contribution in [0.4, 0.5) is 0 Å². The molecule has 1 N–H and O–H groups in total. The maximum absolute atomic E-state index is 6.09. The third-order valence-corrected chi connectivity index (χ3v) is 6.31. The minimum atomic E-state index is 0.553. The van der Waals surface area contributed by atoms with Crippen LogP contribution in [0.5, 0.6) is 0 Å². The summed E-state index contributed by atoms with van der Waals surface area (Å²) < 4.78 is 0. The summed E-state index contributed by atoms with van der Waals surface area (Å²) in [4.78, 5) is 8.84. The van der Waals surface area contributed by atoms with Gasteiger partial charge in [-0.25, -0.2) is 9.97 Å². The molecule has 4 rings (SSSR count). The zero-order valence-electron chi connectivity index (χ0n) is 14.8. The predicted octanol–water partition coefficient (Wildman–Crippen LogP) is 4.75. The van der Waals surface area contributed by atoms with E-state index < -0.39 is 0 Å². The number of fused-ring (bicyclic) bond motifs is 1. The lowest BCUT2D eigenvalue weighted by Crippen LogP contribution is -2.57. The summed E-state index contributed by atoms with van der Waals surface area (Å²) in [7, 11) is 0. The zero-order chi connectivity index (χ0) is 17.2. The molecular formula is C21H26ClN3. The van der Waals surface area contributed by atoms with Crippen LogP contribution in [0.3, 0.4) is 0 Å². The van der Waals surface area contributed by atoms with Gasteiger partial charge in [0.2, 0.25) is 0 Å². The standard InChI is InChI=1S/C21H26ClN3/c1-2-19-23-11-14(12-24-19)13-25-21-18-6-4-3-5-17(18)20(21)15-7-9-16(22)10-8-15/h7-12,17-18,20-21,25H,2-6,13H2,1H3/t17?,18?,20-,21-/m1/s1. The maximum atomic E-state index is 6.09. The number of hydrogen-bond acceptors (Lipinski definition) is 3. The van der Waals surface area contributed by atoms with Crippen LogP contribution in [0.15, 0.2) is 36.7 Å². The molecule has 4 heteroatoms. The van der Waals surface area contributed by atoms with Gasteiger partial charge >= 0.3 is 0 Å². The fraction of sp³-hybridized carbons (Fsp3) is 0.524. The molecule has 0 spiro atoms. The van der Waals surface area contributed by atoms with Crippen LogP contribution in [0, 0.1) is 11.8 Å². The van der Waals surface area contributed by atoms with E-state index in [9.17, 15) is 0 Å². The SMILES string of the molecule is CCc1ncc(CN[C@@H]2C3CCCCC3[C@H]2c2ccc(Cl)cc2)cn1.